The van der Waals surface area contributed by atoms with E-state index in [2.05, 4.69) is 21.8 Å². The Labute approximate surface area is 137 Å². The summed E-state index contributed by atoms with van der Waals surface area (Å²) in [6.45, 7) is 3.05. The first-order valence-electron chi connectivity index (χ1n) is 7.62. The van der Waals surface area contributed by atoms with Crippen molar-refractivity contribution < 1.29 is 13.2 Å². The van der Waals surface area contributed by atoms with Gasteiger partial charge in [0.15, 0.2) is 0 Å². The number of nitrogens with one attached hydrogen (secondary N) is 1. The molecule has 1 N–H and O–H groups in total. The van der Waals surface area contributed by atoms with Crippen LogP contribution in [0, 0.1) is 0 Å². The largest absolute Gasteiger partial charge is 0.494 e. The zero-order valence-electron chi connectivity index (χ0n) is 12.6. The molecular formula is C15H23ClN2O3S. The predicted molar refractivity (Wildman–Crippen MR) is 90.3 cm³/mol. The van der Waals surface area contributed by atoms with E-state index in [9.17, 15) is 8.42 Å². The highest BCUT2D eigenvalue weighted by Crippen LogP contribution is 2.22. The highest BCUT2D eigenvalue weighted by atomic mass is 35.5. The summed E-state index contributed by atoms with van der Waals surface area (Å²) in [5.74, 6) is 0.806. The summed E-state index contributed by atoms with van der Waals surface area (Å²) < 4.78 is 30.3. The number of sulfonamides is 1. The fraction of sp³-hybridized carbons (Fsp3) is 0.600. The van der Waals surface area contributed by atoms with Crippen LogP contribution in [-0.4, -0.2) is 39.9 Å². The number of hydrogen-bond acceptors (Lipinski definition) is 4. The van der Waals surface area contributed by atoms with Gasteiger partial charge in [0.1, 0.15) is 11.0 Å². The number of nitrogens with zero attached hydrogens (tertiary/aromatic N) is 1. The molecule has 0 amide bonds. The summed E-state index contributed by atoms with van der Waals surface area (Å²) in [5, 5.41) is -0.411. The van der Waals surface area contributed by atoms with Crippen molar-refractivity contribution in [3.8, 4) is 5.75 Å². The van der Waals surface area contributed by atoms with Gasteiger partial charge in [-0.25, -0.2) is 13.1 Å². The minimum atomic E-state index is -3.33. The first-order valence-corrected chi connectivity index (χ1v) is 9.80. The first kappa shape index (κ1) is 17.4. The van der Waals surface area contributed by atoms with Crippen LogP contribution in [0.25, 0.3) is 0 Å². The van der Waals surface area contributed by atoms with Crippen LogP contribution in [0.15, 0.2) is 24.3 Å². The molecule has 7 heteroatoms. The normalized spacial score (nSPS) is 15.8. The number of rotatable bonds is 8. The van der Waals surface area contributed by atoms with E-state index in [1.807, 2.05) is 12.1 Å². The highest BCUT2D eigenvalue weighted by Gasteiger charge is 2.10. The molecule has 1 aliphatic heterocycles. The van der Waals surface area contributed by atoms with Crippen LogP contribution in [0.3, 0.4) is 0 Å². The smallest absolute Gasteiger partial charge is 0.225 e. The van der Waals surface area contributed by atoms with Gasteiger partial charge in [0.2, 0.25) is 10.0 Å². The first-order chi connectivity index (χ1) is 10.6. The van der Waals surface area contributed by atoms with Crippen LogP contribution >= 0.6 is 11.6 Å². The summed E-state index contributed by atoms with van der Waals surface area (Å²) in [7, 11) is -3.33. The SMILES string of the molecule is O=S(=O)(CCl)NCCCOc1ccc(N2CCCCC2)cc1. The summed E-state index contributed by atoms with van der Waals surface area (Å²) in [6.07, 6.45) is 4.45. The Morgan fingerprint density at radius 3 is 2.45 bits per heavy atom. The lowest BCUT2D eigenvalue weighted by molar-refractivity contribution is 0.311. The van der Waals surface area contributed by atoms with E-state index in [1.165, 1.54) is 24.9 Å². The number of ether oxygens (including phenoxy) is 1. The summed E-state index contributed by atoms with van der Waals surface area (Å²) in [5.41, 5.74) is 1.24. The van der Waals surface area contributed by atoms with Gasteiger partial charge in [-0.3, -0.25) is 0 Å². The zero-order valence-corrected chi connectivity index (χ0v) is 14.2. The fourth-order valence-electron chi connectivity index (χ4n) is 2.43. The number of hydrogen-bond donors (Lipinski definition) is 1. The Morgan fingerprint density at radius 2 is 1.82 bits per heavy atom. The molecule has 1 heterocycles. The van der Waals surface area contributed by atoms with Gasteiger partial charge in [-0.2, -0.15) is 0 Å². The molecule has 1 saturated heterocycles. The van der Waals surface area contributed by atoms with Gasteiger partial charge in [0, 0.05) is 25.3 Å². The lowest BCUT2D eigenvalue weighted by atomic mass is 10.1. The maximum absolute atomic E-state index is 11.1. The fourth-order valence-corrected chi connectivity index (χ4v) is 3.20. The topological polar surface area (TPSA) is 58.6 Å². The van der Waals surface area contributed by atoms with Crippen LogP contribution in [0.4, 0.5) is 5.69 Å². The van der Waals surface area contributed by atoms with Gasteiger partial charge >= 0.3 is 0 Å². The van der Waals surface area contributed by atoms with E-state index in [1.54, 1.807) is 0 Å². The molecule has 1 fully saturated rings. The molecule has 0 unspecified atom stereocenters. The lowest BCUT2D eigenvalue weighted by Gasteiger charge is -2.28. The van der Waals surface area contributed by atoms with Crippen molar-refractivity contribution in [3.63, 3.8) is 0 Å². The van der Waals surface area contributed by atoms with Crippen molar-refractivity contribution in [2.75, 3.05) is 36.4 Å². The summed E-state index contributed by atoms with van der Waals surface area (Å²) >= 11 is 5.30. The van der Waals surface area contributed by atoms with Crippen molar-refractivity contribution in [3.05, 3.63) is 24.3 Å². The molecule has 0 aliphatic carbocycles. The quantitative estimate of drug-likeness (QED) is 0.580. The number of halogens is 1. The van der Waals surface area contributed by atoms with E-state index < -0.39 is 15.2 Å². The van der Waals surface area contributed by atoms with Crippen molar-refractivity contribution in [1.82, 2.24) is 4.72 Å². The summed E-state index contributed by atoms with van der Waals surface area (Å²) in [6, 6.07) is 8.09. The molecule has 0 radical (unpaired) electrons. The van der Waals surface area contributed by atoms with Crippen LogP contribution in [0.5, 0.6) is 5.75 Å². The van der Waals surface area contributed by atoms with Gasteiger partial charge in [0.25, 0.3) is 0 Å². The van der Waals surface area contributed by atoms with Gasteiger partial charge in [-0.1, -0.05) is 0 Å². The molecule has 1 aromatic carbocycles. The van der Waals surface area contributed by atoms with Gasteiger partial charge in [0.05, 0.1) is 6.61 Å². The van der Waals surface area contributed by atoms with Crippen molar-refractivity contribution in [2.24, 2.45) is 0 Å². The lowest BCUT2D eigenvalue weighted by Crippen LogP contribution is -2.29. The van der Waals surface area contributed by atoms with Gasteiger partial charge in [-0.15, -0.1) is 11.6 Å². The molecule has 124 valence electrons. The number of anilines is 1. The standard InChI is InChI=1S/C15H23ClN2O3S/c16-13-22(19,20)17-9-4-12-21-15-7-5-14(6-8-15)18-10-2-1-3-11-18/h5-8,17H,1-4,9-13H2. The van der Waals surface area contributed by atoms with E-state index in [-0.39, 0.29) is 0 Å². The molecule has 0 bridgehead atoms. The van der Waals surface area contributed by atoms with Crippen molar-refractivity contribution in [2.45, 2.75) is 25.7 Å². The molecule has 0 aromatic heterocycles. The third-order valence-electron chi connectivity index (χ3n) is 3.61. The molecule has 1 aromatic rings. The third-order valence-corrected chi connectivity index (χ3v) is 5.41. The van der Waals surface area contributed by atoms with Crippen LogP contribution < -0.4 is 14.4 Å². The van der Waals surface area contributed by atoms with E-state index in [4.69, 9.17) is 16.3 Å². The molecule has 22 heavy (non-hydrogen) atoms. The molecule has 0 spiro atoms. The second kappa shape index (κ2) is 8.60. The average molecular weight is 347 g/mol. The molecule has 1 aliphatic rings. The molecule has 0 atom stereocenters. The summed E-state index contributed by atoms with van der Waals surface area (Å²) in [4.78, 5) is 2.40. The molecule has 0 saturated carbocycles. The Bertz CT molecular complexity index is 542. The number of alkyl halides is 1. The minimum absolute atomic E-state index is 0.334. The van der Waals surface area contributed by atoms with E-state index >= 15 is 0 Å². The van der Waals surface area contributed by atoms with Crippen LogP contribution in [0.2, 0.25) is 0 Å². The van der Waals surface area contributed by atoms with E-state index in [0.717, 1.165) is 18.8 Å². The van der Waals surface area contributed by atoms with Crippen molar-refractivity contribution in [1.29, 1.82) is 0 Å². The Hall–Kier alpha value is -0.980. The Morgan fingerprint density at radius 1 is 1.14 bits per heavy atom. The average Bonchev–Trinajstić information content (AvgIpc) is 2.56. The van der Waals surface area contributed by atoms with Gasteiger partial charge < -0.3 is 9.64 Å². The second-order valence-electron chi connectivity index (χ2n) is 5.36. The second-order valence-corrected chi connectivity index (χ2v) is 7.75. The molecule has 2 rings (SSSR count). The minimum Gasteiger partial charge on any atom is -0.494 e. The van der Waals surface area contributed by atoms with Crippen LogP contribution in [0.1, 0.15) is 25.7 Å². The number of piperidine rings is 1. The maximum Gasteiger partial charge on any atom is 0.225 e. The predicted octanol–water partition coefficient (Wildman–Crippen LogP) is 2.56. The van der Waals surface area contributed by atoms with Crippen LogP contribution in [-0.2, 0) is 10.0 Å². The molecule has 5 nitrogen and oxygen atoms in total. The highest BCUT2D eigenvalue weighted by molar-refractivity contribution is 7.90. The third kappa shape index (κ3) is 5.66. The zero-order chi connectivity index (χ0) is 15.8. The Kier molecular flexibility index (Phi) is 6.79. The van der Waals surface area contributed by atoms with Gasteiger partial charge in [-0.05, 0) is 49.9 Å². The molecular weight excluding hydrogens is 324 g/mol. The monoisotopic (exact) mass is 346 g/mol. The Balaban J connectivity index is 1.70. The van der Waals surface area contributed by atoms with E-state index in [0.29, 0.717) is 19.6 Å². The maximum atomic E-state index is 11.1. The van der Waals surface area contributed by atoms with Crippen molar-refractivity contribution >= 4 is 27.3 Å². The number of benzene rings is 1.